The smallest absolute Gasteiger partial charge is 0.306 e. The maximum atomic E-state index is 12.9. The van der Waals surface area contributed by atoms with E-state index in [2.05, 4.69) is 19.2 Å². The third-order valence-corrected chi connectivity index (χ3v) is 13.8. The van der Waals surface area contributed by atoms with Gasteiger partial charge < -0.3 is 59.3 Å². The van der Waals surface area contributed by atoms with Crippen molar-refractivity contribution < 1.29 is 58.8 Å². The number of carbonyl (C=O) groups excluding carboxylic acids is 1. The molecule has 0 radical (unpaired) electrons. The predicted molar refractivity (Wildman–Crippen MR) is 196 cm³/mol. The fraction of sp³-hybridized carbons (Fsp3) is 0.703. The van der Waals surface area contributed by atoms with Crippen molar-refractivity contribution in [1.29, 1.82) is 0 Å². The number of rotatable bonds is 9. The molecule has 15 heteroatoms. The Morgan fingerprint density at radius 1 is 1.15 bits per heavy atom. The molecule has 1 aromatic heterocycles. The Bertz CT molecular complexity index is 1570. The maximum absolute atomic E-state index is 12.9. The summed E-state index contributed by atoms with van der Waals surface area (Å²) in [5.41, 5.74) is -5.57. The molecule has 3 heterocycles. The number of fused-ring (bicyclic) bond motifs is 11. The number of aryl methyl sites for hydroxylation is 1. The van der Waals surface area contributed by atoms with Crippen LogP contribution in [-0.2, 0) is 20.7 Å². The molecule has 0 amide bonds. The van der Waals surface area contributed by atoms with Crippen LogP contribution in [0.1, 0.15) is 52.0 Å². The first kappa shape index (κ1) is 39.6. The Balaban J connectivity index is 1.50. The fourth-order valence-corrected chi connectivity index (χ4v) is 11.2. The minimum Gasteiger partial charge on any atom is -0.485 e. The Hall–Kier alpha value is -2.05. The maximum Gasteiger partial charge on any atom is 0.306 e. The second kappa shape index (κ2) is 16.4. The molecule has 7 N–H and O–H groups in total. The van der Waals surface area contributed by atoms with Crippen molar-refractivity contribution >= 4 is 38.5 Å². The van der Waals surface area contributed by atoms with Crippen LogP contribution in [0.25, 0.3) is 11.0 Å². The topological polar surface area (TPSA) is 201 Å². The SMILES string of the molecule is CCOC(=O)CCc1cc2ccoc2c2c1OC1OC(CO)(CSSCC(CCC(C)C)NCCO2)C2(O)CC3C=CC(O)C(CO)C3C1(O)C2O. The molecule has 1 saturated heterocycles. The number of carbonyl (C=O) groups is 1. The normalized spacial score (nSPS) is 36.5. The van der Waals surface area contributed by atoms with Crippen LogP contribution in [0.15, 0.2) is 35.0 Å². The summed E-state index contributed by atoms with van der Waals surface area (Å²) in [7, 11) is 2.94. The first-order valence-corrected chi connectivity index (χ1v) is 20.8. The van der Waals surface area contributed by atoms with Crippen molar-refractivity contribution in [3.8, 4) is 11.5 Å². The molecule has 0 spiro atoms. The lowest BCUT2D eigenvalue weighted by Crippen LogP contribution is -2.85. The number of aliphatic hydroxyl groups excluding tert-OH is 4. The van der Waals surface area contributed by atoms with Crippen molar-refractivity contribution in [2.75, 3.05) is 44.5 Å². The quantitative estimate of drug-likeness (QED) is 0.112. The van der Waals surface area contributed by atoms with Gasteiger partial charge in [0.1, 0.15) is 23.9 Å². The molecule has 10 unspecified atom stereocenters. The van der Waals surface area contributed by atoms with Crippen molar-refractivity contribution in [2.45, 2.75) is 94.2 Å². The number of hydrogen-bond donors (Lipinski definition) is 7. The molecule has 10 atom stereocenters. The molecule has 2 aromatic rings. The predicted octanol–water partition coefficient (Wildman–Crippen LogP) is 2.56. The number of benzene rings is 1. The lowest BCUT2D eigenvalue weighted by atomic mass is 9.51. The Kier molecular flexibility index (Phi) is 12.5. The lowest BCUT2D eigenvalue weighted by molar-refractivity contribution is -0.416. The Morgan fingerprint density at radius 2 is 1.96 bits per heavy atom. The van der Waals surface area contributed by atoms with Gasteiger partial charge in [0.25, 0.3) is 0 Å². The zero-order chi connectivity index (χ0) is 37.3. The molecule has 1 saturated carbocycles. The summed E-state index contributed by atoms with van der Waals surface area (Å²) in [5, 5.41) is 74.6. The minimum absolute atomic E-state index is 0.00698. The van der Waals surface area contributed by atoms with E-state index in [1.807, 2.05) is 0 Å². The summed E-state index contributed by atoms with van der Waals surface area (Å²) < 4.78 is 30.9. The summed E-state index contributed by atoms with van der Waals surface area (Å²) in [4.78, 5) is 12.6. The van der Waals surface area contributed by atoms with Crippen molar-refractivity contribution in [3.05, 3.63) is 36.1 Å². The fourth-order valence-electron chi connectivity index (χ4n) is 8.41. The summed E-state index contributed by atoms with van der Waals surface area (Å²) in [6.07, 6.45) is 1.77. The van der Waals surface area contributed by atoms with Crippen molar-refractivity contribution in [3.63, 3.8) is 0 Å². The molecule has 2 aliphatic carbocycles. The highest BCUT2D eigenvalue weighted by Crippen LogP contribution is 2.60. The largest absolute Gasteiger partial charge is 0.485 e. The van der Waals surface area contributed by atoms with E-state index in [1.54, 1.807) is 35.9 Å². The van der Waals surface area contributed by atoms with Crippen LogP contribution in [-0.4, -0.2) is 122 Å². The van der Waals surface area contributed by atoms with E-state index < -0.39 is 72.2 Å². The molecule has 1 aromatic carbocycles. The Labute approximate surface area is 311 Å². The van der Waals surface area contributed by atoms with Crippen LogP contribution in [0.2, 0.25) is 0 Å². The molecular formula is C37H53NO12S2. The number of esters is 1. The molecule has 2 fully saturated rings. The van der Waals surface area contributed by atoms with E-state index >= 15 is 0 Å². The van der Waals surface area contributed by atoms with Gasteiger partial charge in [-0.1, -0.05) is 47.6 Å². The monoisotopic (exact) mass is 767 g/mol. The van der Waals surface area contributed by atoms with E-state index in [0.29, 0.717) is 34.7 Å². The first-order chi connectivity index (χ1) is 24.9. The third-order valence-electron chi connectivity index (χ3n) is 11.2. The van der Waals surface area contributed by atoms with Gasteiger partial charge in [0.2, 0.25) is 12.0 Å². The van der Waals surface area contributed by atoms with E-state index in [-0.39, 0.29) is 55.8 Å². The van der Waals surface area contributed by atoms with E-state index in [0.717, 1.165) is 12.8 Å². The highest BCUT2D eigenvalue weighted by atomic mass is 33.1. The number of ether oxygens (including phenoxy) is 4. The highest BCUT2D eigenvalue weighted by molar-refractivity contribution is 8.76. The molecular weight excluding hydrogens is 715 g/mol. The third kappa shape index (κ3) is 7.23. The van der Waals surface area contributed by atoms with Gasteiger partial charge in [-0.15, -0.1) is 0 Å². The van der Waals surface area contributed by atoms with Gasteiger partial charge in [-0.05, 0) is 62.1 Å². The van der Waals surface area contributed by atoms with Gasteiger partial charge >= 0.3 is 5.97 Å². The van der Waals surface area contributed by atoms with Crippen LogP contribution in [0.3, 0.4) is 0 Å². The number of allylic oxidation sites excluding steroid dienone is 1. The molecule has 13 nitrogen and oxygen atoms in total. The van der Waals surface area contributed by atoms with E-state index in [4.69, 9.17) is 23.4 Å². The molecule has 2 aliphatic heterocycles. The van der Waals surface area contributed by atoms with Gasteiger partial charge in [0, 0.05) is 54.3 Å². The lowest BCUT2D eigenvalue weighted by Gasteiger charge is -2.66. The molecule has 6 rings (SSSR count). The van der Waals surface area contributed by atoms with Gasteiger partial charge in [-0.3, -0.25) is 4.79 Å². The molecule has 52 heavy (non-hydrogen) atoms. The number of hydrogen-bond acceptors (Lipinski definition) is 15. The number of nitrogens with one attached hydrogen (secondary N) is 1. The van der Waals surface area contributed by atoms with Gasteiger partial charge in [-0.2, -0.15) is 0 Å². The summed E-state index contributed by atoms with van der Waals surface area (Å²) >= 11 is 0. The Morgan fingerprint density at radius 3 is 2.69 bits per heavy atom. The molecule has 4 bridgehead atoms. The van der Waals surface area contributed by atoms with Gasteiger partial charge in [0.05, 0.1) is 25.6 Å². The van der Waals surface area contributed by atoms with Crippen LogP contribution in [0.5, 0.6) is 11.5 Å². The minimum atomic E-state index is -2.42. The van der Waals surface area contributed by atoms with Crippen molar-refractivity contribution in [1.82, 2.24) is 5.32 Å². The molecule has 4 aliphatic rings. The summed E-state index contributed by atoms with van der Waals surface area (Å²) in [6, 6.07) is 3.67. The van der Waals surface area contributed by atoms with Crippen LogP contribution in [0, 0.1) is 23.7 Å². The average molecular weight is 768 g/mol. The van der Waals surface area contributed by atoms with Crippen molar-refractivity contribution in [2.24, 2.45) is 23.7 Å². The van der Waals surface area contributed by atoms with E-state index in [1.165, 1.54) is 23.1 Å². The van der Waals surface area contributed by atoms with Crippen LogP contribution < -0.4 is 14.8 Å². The summed E-state index contributed by atoms with van der Waals surface area (Å²) in [6.45, 7) is 5.72. The highest BCUT2D eigenvalue weighted by Gasteiger charge is 2.76. The molecule has 290 valence electrons. The number of furan rings is 1. The van der Waals surface area contributed by atoms with E-state index in [9.17, 15) is 35.4 Å². The zero-order valence-corrected chi connectivity index (χ0v) is 31.6. The van der Waals surface area contributed by atoms with Gasteiger partial charge in [0.15, 0.2) is 16.9 Å². The van der Waals surface area contributed by atoms with Gasteiger partial charge in [-0.25, -0.2) is 0 Å². The average Bonchev–Trinajstić information content (AvgIpc) is 3.59. The van der Waals surface area contributed by atoms with Crippen LogP contribution in [0.4, 0.5) is 0 Å². The second-order valence-electron chi connectivity index (χ2n) is 14.9. The summed E-state index contributed by atoms with van der Waals surface area (Å²) in [5.74, 6) is -1.56. The van der Waals surface area contributed by atoms with Crippen LogP contribution >= 0.6 is 21.6 Å². The number of aliphatic hydroxyl groups is 6. The first-order valence-electron chi connectivity index (χ1n) is 18.3. The second-order valence-corrected chi connectivity index (χ2v) is 17.4. The zero-order valence-electron chi connectivity index (χ0n) is 29.9. The standard InChI is InChI=1S/C37H53NO12S2/c1-4-46-28(42)10-7-22-15-23-11-13-47-30(23)32-31(22)49-34-37(45)29-24(6-9-27(41)26(29)17-39)16-36(44,33(37)43)35(19-40,50-34)20-52-51-18-25(8-5-21(2)3)38-12-14-48-32/h6,9,11,13,15,21,24-27,29,33-34,38-41,43-45H,4-5,7-8,10,12,14,16-20H2,1-3H3.